The van der Waals surface area contributed by atoms with Crippen molar-refractivity contribution in [3.8, 4) is 5.75 Å². The lowest BCUT2D eigenvalue weighted by molar-refractivity contribution is 0.0948. The van der Waals surface area contributed by atoms with Gasteiger partial charge >= 0.3 is 0 Å². The first kappa shape index (κ1) is 20.3. The van der Waals surface area contributed by atoms with E-state index in [4.69, 9.17) is 4.74 Å². The summed E-state index contributed by atoms with van der Waals surface area (Å²) in [6, 6.07) is 10.1. The van der Waals surface area contributed by atoms with Crippen molar-refractivity contribution in [1.82, 2.24) is 20.4 Å². The fourth-order valence-corrected chi connectivity index (χ4v) is 3.09. The van der Waals surface area contributed by atoms with Crippen LogP contribution in [0.4, 0.5) is 0 Å². The summed E-state index contributed by atoms with van der Waals surface area (Å²) in [5.74, 6) is 0.745. The predicted molar refractivity (Wildman–Crippen MR) is 104 cm³/mol. The Morgan fingerprint density at radius 1 is 1.42 bits per heavy atom. The molecule has 7 heteroatoms. The highest BCUT2D eigenvalue weighted by Crippen LogP contribution is 2.16. The van der Waals surface area contributed by atoms with Crippen molar-refractivity contribution in [2.45, 2.75) is 32.2 Å². The second kappa shape index (κ2) is 10.2. The Morgan fingerprint density at radius 3 is 3.08 bits per heavy atom. The van der Waals surface area contributed by atoms with Crippen molar-refractivity contribution in [3.63, 3.8) is 0 Å². The van der Waals surface area contributed by atoms with Crippen LogP contribution >= 0.6 is 12.4 Å². The van der Waals surface area contributed by atoms with Gasteiger partial charge in [-0.15, -0.1) is 12.4 Å². The minimum atomic E-state index is -0.122. The first-order valence-electron chi connectivity index (χ1n) is 9.02. The van der Waals surface area contributed by atoms with Gasteiger partial charge in [0.2, 0.25) is 0 Å². The number of nitrogens with zero attached hydrogens (tertiary/aromatic N) is 2. The number of carbonyl (C=O) groups excluding carboxylic acids is 1. The third kappa shape index (κ3) is 5.47. The topological polar surface area (TPSA) is 68.2 Å². The highest BCUT2D eigenvalue weighted by atomic mass is 35.5. The van der Waals surface area contributed by atoms with E-state index in [0.717, 1.165) is 43.7 Å². The van der Waals surface area contributed by atoms with Crippen molar-refractivity contribution >= 4 is 18.3 Å². The van der Waals surface area contributed by atoms with E-state index in [-0.39, 0.29) is 18.3 Å². The van der Waals surface area contributed by atoms with Crippen molar-refractivity contribution < 1.29 is 9.53 Å². The fraction of sp³-hybridized carbons (Fsp3) is 0.474. The summed E-state index contributed by atoms with van der Waals surface area (Å²) in [6.07, 6.45) is 4.91. The molecule has 3 rings (SSSR count). The first-order chi connectivity index (χ1) is 12.3. The molecule has 26 heavy (non-hydrogen) atoms. The summed E-state index contributed by atoms with van der Waals surface area (Å²) in [5.41, 5.74) is 1.62. The Morgan fingerprint density at radius 2 is 2.31 bits per heavy atom. The molecule has 0 aliphatic carbocycles. The van der Waals surface area contributed by atoms with Gasteiger partial charge in [-0.25, -0.2) is 0 Å². The van der Waals surface area contributed by atoms with E-state index in [9.17, 15) is 4.79 Å². The number of ether oxygens (including phenoxy) is 1. The van der Waals surface area contributed by atoms with E-state index >= 15 is 0 Å². The zero-order valence-corrected chi connectivity index (χ0v) is 15.9. The SMILES string of the molecule is CCOc1cccc(CCNC(=O)c2ccn(C3CCCNC3)n2)c1.Cl. The van der Waals surface area contributed by atoms with Crippen LogP contribution in [0.1, 0.15) is 41.9 Å². The van der Waals surface area contributed by atoms with Gasteiger partial charge in [-0.05, 0) is 56.5 Å². The molecule has 1 atom stereocenters. The van der Waals surface area contributed by atoms with Gasteiger partial charge in [-0.1, -0.05) is 12.1 Å². The zero-order chi connectivity index (χ0) is 17.5. The molecule has 1 aliphatic heterocycles. The molecule has 1 aliphatic rings. The Hall–Kier alpha value is -2.05. The standard InChI is InChI=1S/C19H26N4O2.ClH/c1-2-25-17-7-3-5-15(13-17)8-11-21-19(24)18-9-12-23(22-18)16-6-4-10-20-14-16;/h3,5,7,9,12-13,16,20H,2,4,6,8,10-11,14H2,1H3,(H,21,24);1H. The minimum Gasteiger partial charge on any atom is -0.494 e. The van der Waals surface area contributed by atoms with Crippen LogP contribution in [-0.2, 0) is 6.42 Å². The summed E-state index contributed by atoms with van der Waals surface area (Å²) in [6.45, 7) is 5.18. The predicted octanol–water partition coefficient (Wildman–Crippen LogP) is 2.60. The lowest BCUT2D eigenvalue weighted by Crippen LogP contribution is -2.32. The normalized spacial score (nSPS) is 16.6. The van der Waals surface area contributed by atoms with Gasteiger partial charge < -0.3 is 15.4 Å². The van der Waals surface area contributed by atoms with E-state index in [1.165, 1.54) is 0 Å². The number of piperidine rings is 1. The molecule has 0 bridgehead atoms. The second-order valence-electron chi connectivity index (χ2n) is 6.27. The van der Waals surface area contributed by atoms with Gasteiger partial charge in [0, 0.05) is 19.3 Å². The van der Waals surface area contributed by atoms with Crippen LogP contribution in [0.15, 0.2) is 36.5 Å². The molecule has 2 heterocycles. The maximum Gasteiger partial charge on any atom is 0.271 e. The maximum absolute atomic E-state index is 12.3. The highest BCUT2D eigenvalue weighted by Gasteiger charge is 2.17. The van der Waals surface area contributed by atoms with Gasteiger partial charge in [0.1, 0.15) is 11.4 Å². The monoisotopic (exact) mass is 378 g/mol. The van der Waals surface area contributed by atoms with Gasteiger partial charge in [0.25, 0.3) is 5.91 Å². The number of hydrogen-bond acceptors (Lipinski definition) is 4. The van der Waals surface area contributed by atoms with Crippen molar-refractivity contribution in [2.75, 3.05) is 26.2 Å². The van der Waals surface area contributed by atoms with Gasteiger partial charge in [-0.2, -0.15) is 5.10 Å². The Bertz CT molecular complexity index is 698. The molecule has 2 N–H and O–H groups in total. The van der Waals surface area contributed by atoms with Crippen molar-refractivity contribution in [2.24, 2.45) is 0 Å². The van der Waals surface area contributed by atoms with Crippen LogP contribution in [0.5, 0.6) is 5.75 Å². The Balaban J connectivity index is 0.00000243. The third-order valence-electron chi connectivity index (χ3n) is 4.39. The van der Waals surface area contributed by atoms with Gasteiger partial charge in [0.15, 0.2) is 0 Å². The molecular formula is C19H27ClN4O2. The van der Waals surface area contributed by atoms with E-state index in [1.807, 2.05) is 42.1 Å². The van der Waals surface area contributed by atoms with Crippen LogP contribution in [0.25, 0.3) is 0 Å². The Labute approximate surface area is 160 Å². The van der Waals surface area contributed by atoms with Crippen LogP contribution in [-0.4, -0.2) is 41.9 Å². The molecule has 1 amide bonds. The summed E-state index contributed by atoms with van der Waals surface area (Å²) in [4.78, 5) is 12.3. The Kier molecular flexibility index (Phi) is 7.94. The molecule has 0 saturated carbocycles. The fourth-order valence-electron chi connectivity index (χ4n) is 3.09. The van der Waals surface area contributed by atoms with Crippen LogP contribution < -0.4 is 15.4 Å². The van der Waals surface area contributed by atoms with E-state index in [0.29, 0.717) is 24.9 Å². The molecule has 2 aromatic rings. The van der Waals surface area contributed by atoms with Crippen molar-refractivity contribution in [1.29, 1.82) is 0 Å². The van der Waals surface area contributed by atoms with Gasteiger partial charge in [-0.3, -0.25) is 9.48 Å². The molecule has 0 spiro atoms. The average Bonchev–Trinajstić information content (AvgIpc) is 3.13. The summed E-state index contributed by atoms with van der Waals surface area (Å²) < 4.78 is 7.41. The second-order valence-corrected chi connectivity index (χ2v) is 6.27. The molecule has 142 valence electrons. The number of carbonyl (C=O) groups is 1. The van der Waals surface area contributed by atoms with E-state index < -0.39 is 0 Å². The molecule has 6 nitrogen and oxygen atoms in total. The van der Waals surface area contributed by atoms with Crippen LogP contribution in [0.2, 0.25) is 0 Å². The number of amides is 1. The molecule has 1 saturated heterocycles. The minimum absolute atomic E-state index is 0. The van der Waals surface area contributed by atoms with Gasteiger partial charge in [0.05, 0.1) is 12.6 Å². The molecule has 0 radical (unpaired) electrons. The van der Waals surface area contributed by atoms with Crippen LogP contribution in [0.3, 0.4) is 0 Å². The number of halogens is 1. The van der Waals surface area contributed by atoms with Crippen LogP contribution in [0, 0.1) is 0 Å². The first-order valence-corrected chi connectivity index (χ1v) is 9.02. The zero-order valence-electron chi connectivity index (χ0n) is 15.1. The summed E-state index contributed by atoms with van der Waals surface area (Å²) in [5, 5.41) is 10.8. The maximum atomic E-state index is 12.3. The summed E-state index contributed by atoms with van der Waals surface area (Å²) in [7, 11) is 0. The highest BCUT2D eigenvalue weighted by molar-refractivity contribution is 5.92. The van der Waals surface area contributed by atoms with E-state index in [2.05, 4.69) is 15.7 Å². The lowest BCUT2D eigenvalue weighted by atomic mass is 10.1. The number of rotatable bonds is 7. The summed E-state index contributed by atoms with van der Waals surface area (Å²) >= 11 is 0. The number of hydrogen-bond donors (Lipinski definition) is 2. The third-order valence-corrected chi connectivity index (χ3v) is 4.39. The molecular weight excluding hydrogens is 352 g/mol. The average molecular weight is 379 g/mol. The quantitative estimate of drug-likeness (QED) is 0.777. The van der Waals surface area contributed by atoms with E-state index in [1.54, 1.807) is 6.07 Å². The molecule has 1 unspecified atom stereocenters. The van der Waals surface area contributed by atoms with Crippen molar-refractivity contribution in [3.05, 3.63) is 47.8 Å². The molecule has 1 aromatic carbocycles. The number of benzene rings is 1. The largest absolute Gasteiger partial charge is 0.494 e. The smallest absolute Gasteiger partial charge is 0.271 e. The molecule has 1 fully saturated rings. The lowest BCUT2D eigenvalue weighted by Gasteiger charge is -2.22. The number of aromatic nitrogens is 2. The number of nitrogens with one attached hydrogen (secondary N) is 2. The molecule has 1 aromatic heterocycles.